The molecule has 0 saturated carbocycles. The number of carbonyl (C=O) groups excluding carboxylic acids is 1. The van der Waals surface area contributed by atoms with Crippen molar-refractivity contribution in [2.75, 3.05) is 5.32 Å². The number of amides is 1. The number of nitrogens with one attached hydrogen (secondary N) is 1. The second-order valence-electron chi connectivity index (χ2n) is 4.83. The molecule has 6 nitrogen and oxygen atoms in total. The van der Waals surface area contributed by atoms with Crippen molar-refractivity contribution < 1.29 is 4.79 Å². The molecule has 0 atom stereocenters. The third-order valence-corrected chi connectivity index (χ3v) is 7.07. The molecule has 0 spiro atoms. The normalized spacial score (nSPS) is 10.9. The van der Waals surface area contributed by atoms with Crippen molar-refractivity contribution in [3.8, 4) is 0 Å². The van der Waals surface area contributed by atoms with Crippen LogP contribution in [0, 0.1) is 6.92 Å². The highest BCUT2D eigenvalue weighted by Crippen LogP contribution is 2.29. The molecule has 24 heavy (non-hydrogen) atoms. The second kappa shape index (κ2) is 8.06. The molecule has 10 heteroatoms. The number of hydrogen-bond acceptors (Lipinski definition) is 8. The number of aryl methyl sites for hydroxylation is 1. The zero-order chi connectivity index (χ0) is 16.9. The average Bonchev–Trinajstić information content (AvgIpc) is 3.27. The maximum absolute atomic E-state index is 12.0. The van der Waals surface area contributed by atoms with E-state index in [1.165, 1.54) is 16.2 Å². The first-order valence-corrected chi connectivity index (χ1v) is 10.6. The summed E-state index contributed by atoms with van der Waals surface area (Å²) in [6.07, 6.45) is 0.231. The van der Waals surface area contributed by atoms with Crippen molar-refractivity contribution in [2.24, 2.45) is 0 Å². The predicted octanol–water partition coefficient (Wildman–Crippen LogP) is 3.45. The SMILES string of the molecule is Cc1csc(=O)n1CCC(=O)Nc1nnc(SCc2cccs2)s1. The maximum atomic E-state index is 12.0. The zero-order valence-electron chi connectivity index (χ0n) is 12.7. The molecule has 126 valence electrons. The number of thiophene rings is 1. The molecule has 1 amide bonds. The Kier molecular flexibility index (Phi) is 5.82. The monoisotopic (exact) mass is 398 g/mol. The van der Waals surface area contributed by atoms with E-state index in [-0.39, 0.29) is 17.2 Å². The van der Waals surface area contributed by atoms with Crippen LogP contribution >= 0.6 is 45.8 Å². The summed E-state index contributed by atoms with van der Waals surface area (Å²) < 4.78 is 2.43. The van der Waals surface area contributed by atoms with Crippen molar-refractivity contribution in [2.45, 2.75) is 30.0 Å². The van der Waals surface area contributed by atoms with Gasteiger partial charge in [-0.15, -0.1) is 21.5 Å². The van der Waals surface area contributed by atoms with Crippen molar-refractivity contribution in [1.29, 1.82) is 0 Å². The minimum absolute atomic E-state index is 0.0384. The first-order chi connectivity index (χ1) is 11.6. The van der Waals surface area contributed by atoms with Gasteiger partial charge in [-0.3, -0.25) is 9.59 Å². The Bertz CT molecular complexity index is 866. The van der Waals surface area contributed by atoms with E-state index in [2.05, 4.69) is 21.6 Å². The number of nitrogens with zero attached hydrogens (tertiary/aromatic N) is 3. The van der Waals surface area contributed by atoms with E-state index in [1.54, 1.807) is 33.0 Å². The van der Waals surface area contributed by atoms with Crippen LogP contribution in [0.25, 0.3) is 0 Å². The first kappa shape index (κ1) is 17.3. The van der Waals surface area contributed by atoms with Gasteiger partial charge < -0.3 is 9.88 Å². The highest BCUT2D eigenvalue weighted by atomic mass is 32.2. The number of anilines is 1. The lowest BCUT2D eigenvalue weighted by atomic mass is 10.4. The average molecular weight is 399 g/mol. The van der Waals surface area contributed by atoms with Crippen LogP contribution in [0.4, 0.5) is 5.13 Å². The lowest BCUT2D eigenvalue weighted by molar-refractivity contribution is -0.116. The summed E-state index contributed by atoms with van der Waals surface area (Å²) in [6.45, 7) is 2.23. The first-order valence-electron chi connectivity index (χ1n) is 7.05. The molecule has 0 aliphatic rings. The molecule has 3 rings (SSSR count). The molecule has 0 radical (unpaired) electrons. The summed E-state index contributed by atoms with van der Waals surface area (Å²) in [5.41, 5.74) is 0.876. The molecular formula is C14H14N4O2S4. The summed E-state index contributed by atoms with van der Waals surface area (Å²) in [5, 5.41) is 15.1. The minimum Gasteiger partial charge on any atom is -0.303 e. The molecule has 0 aliphatic heterocycles. The van der Waals surface area contributed by atoms with Gasteiger partial charge in [-0.25, -0.2) is 0 Å². The van der Waals surface area contributed by atoms with E-state index in [0.29, 0.717) is 11.7 Å². The molecule has 0 unspecified atom stereocenters. The molecule has 3 aromatic heterocycles. The number of aromatic nitrogens is 3. The Labute approximate surface area is 154 Å². The molecule has 3 aromatic rings. The molecule has 0 fully saturated rings. The van der Waals surface area contributed by atoms with E-state index in [4.69, 9.17) is 0 Å². The Hall–Kier alpha value is -1.49. The Morgan fingerprint density at radius 3 is 2.96 bits per heavy atom. The highest BCUT2D eigenvalue weighted by Gasteiger charge is 2.10. The second-order valence-corrected chi connectivity index (χ2v) is 8.89. The standard InChI is InChI=1S/C14H14N4O2S4/c1-9-7-23-14(20)18(9)5-4-11(19)15-12-16-17-13(24-12)22-8-10-3-2-6-21-10/h2-3,6-7H,4-5,8H2,1H3,(H,15,16,19). The van der Waals surface area contributed by atoms with E-state index in [0.717, 1.165) is 27.1 Å². The molecular weight excluding hydrogens is 384 g/mol. The number of thiazole rings is 1. The van der Waals surface area contributed by atoms with Gasteiger partial charge >= 0.3 is 4.87 Å². The van der Waals surface area contributed by atoms with Crippen LogP contribution in [0.2, 0.25) is 0 Å². The third kappa shape index (κ3) is 4.53. The lowest BCUT2D eigenvalue weighted by Crippen LogP contribution is -2.20. The van der Waals surface area contributed by atoms with Gasteiger partial charge in [0.1, 0.15) is 0 Å². The predicted molar refractivity (Wildman–Crippen MR) is 100 cm³/mol. The topological polar surface area (TPSA) is 76.9 Å². The largest absolute Gasteiger partial charge is 0.307 e. The minimum atomic E-state index is -0.168. The van der Waals surface area contributed by atoms with Crippen molar-refractivity contribution in [1.82, 2.24) is 14.8 Å². The zero-order valence-corrected chi connectivity index (χ0v) is 16.0. The fourth-order valence-electron chi connectivity index (χ4n) is 1.92. The summed E-state index contributed by atoms with van der Waals surface area (Å²) in [6, 6.07) is 4.10. The molecule has 0 aliphatic carbocycles. The van der Waals surface area contributed by atoms with Gasteiger partial charge in [0.25, 0.3) is 0 Å². The van der Waals surface area contributed by atoms with Gasteiger partial charge in [-0.05, 0) is 18.4 Å². The van der Waals surface area contributed by atoms with Gasteiger partial charge in [0, 0.05) is 34.7 Å². The van der Waals surface area contributed by atoms with Crippen LogP contribution in [0.1, 0.15) is 17.0 Å². The fourth-order valence-corrected chi connectivity index (χ4v) is 5.22. The Morgan fingerprint density at radius 1 is 1.38 bits per heavy atom. The number of hydrogen-bond donors (Lipinski definition) is 1. The fraction of sp³-hybridized carbons (Fsp3) is 0.286. The van der Waals surface area contributed by atoms with Crippen LogP contribution in [-0.2, 0) is 17.1 Å². The Balaban J connectivity index is 1.49. The van der Waals surface area contributed by atoms with Gasteiger partial charge in [0.05, 0.1) is 0 Å². The lowest BCUT2D eigenvalue weighted by Gasteiger charge is -2.03. The van der Waals surface area contributed by atoms with Crippen molar-refractivity contribution in [3.63, 3.8) is 0 Å². The van der Waals surface area contributed by atoms with Crippen LogP contribution in [0.3, 0.4) is 0 Å². The van der Waals surface area contributed by atoms with E-state index >= 15 is 0 Å². The van der Waals surface area contributed by atoms with Gasteiger partial charge in [-0.1, -0.05) is 40.5 Å². The van der Waals surface area contributed by atoms with Crippen LogP contribution in [0.15, 0.2) is 32.0 Å². The molecule has 0 aromatic carbocycles. The summed E-state index contributed by atoms with van der Waals surface area (Å²) in [7, 11) is 0. The van der Waals surface area contributed by atoms with Gasteiger partial charge in [0.15, 0.2) is 4.34 Å². The van der Waals surface area contributed by atoms with Crippen LogP contribution in [-0.4, -0.2) is 20.7 Å². The maximum Gasteiger partial charge on any atom is 0.307 e. The van der Waals surface area contributed by atoms with Crippen molar-refractivity contribution in [3.05, 3.63) is 43.1 Å². The highest BCUT2D eigenvalue weighted by molar-refractivity contribution is 8.00. The molecule has 0 bridgehead atoms. The number of rotatable bonds is 7. The van der Waals surface area contributed by atoms with E-state index in [9.17, 15) is 9.59 Å². The number of thioether (sulfide) groups is 1. The smallest absolute Gasteiger partial charge is 0.303 e. The van der Waals surface area contributed by atoms with Crippen LogP contribution in [0.5, 0.6) is 0 Å². The van der Waals surface area contributed by atoms with Crippen LogP contribution < -0.4 is 10.2 Å². The summed E-state index contributed by atoms with van der Waals surface area (Å²) in [4.78, 5) is 24.8. The Morgan fingerprint density at radius 2 is 2.25 bits per heavy atom. The van der Waals surface area contributed by atoms with E-state index in [1.807, 2.05) is 18.4 Å². The molecule has 1 N–H and O–H groups in total. The summed E-state index contributed by atoms with van der Waals surface area (Å²) in [5.74, 6) is 0.680. The molecule has 0 saturated heterocycles. The van der Waals surface area contributed by atoms with Gasteiger partial charge in [-0.2, -0.15) is 0 Å². The quantitative estimate of drug-likeness (QED) is 0.487. The van der Waals surface area contributed by atoms with E-state index < -0.39 is 0 Å². The summed E-state index contributed by atoms with van der Waals surface area (Å²) >= 11 is 5.81. The third-order valence-electron chi connectivity index (χ3n) is 3.11. The molecule has 3 heterocycles. The van der Waals surface area contributed by atoms with Crippen molar-refractivity contribution >= 4 is 56.8 Å². The van der Waals surface area contributed by atoms with Gasteiger partial charge in [0.2, 0.25) is 11.0 Å². The number of carbonyl (C=O) groups is 1.